The van der Waals surface area contributed by atoms with Crippen molar-refractivity contribution in [3.63, 3.8) is 0 Å². The fourth-order valence-corrected chi connectivity index (χ4v) is 5.00. The molecule has 0 atom stereocenters. The number of aryl methyl sites for hydroxylation is 1. The van der Waals surface area contributed by atoms with Crippen molar-refractivity contribution < 1.29 is 23.5 Å². The maximum atomic E-state index is 13.3. The second-order valence-electron chi connectivity index (χ2n) is 8.08. The molecule has 0 spiro atoms. The zero-order chi connectivity index (χ0) is 24.8. The summed E-state index contributed by atoms with van der Waals surface area (Å²) in [5.74, 6) is 3.61. The van der Waals surface area contributed by atoms with Gasteiger partial charge in [-0.15, -0.1) is 11.8 Å². The molecule has 1 aliphatic rings. The van der Waals surface area contributed by atoms with E-state index >= 15 is 0 Å². The van der Waals surface area contributed by atoms with E-state index < -0.39 is 0 Å². The van der Waals surface area contributed by atoms with Crippen molar-refractivity contribution >= 4 is 17.7 Å². The van der Waals surface area contributed by atoms with E-state index in [2.05, 4.69) is 15.0 Å². The number of amides is 1. The van der Waals surface area contributed by atoms with Crippen molar-refractivity contribution in [1.29, 1.82) is 0 Å². The Kier molecular flexibility index (Phi) is 8.14. The largest absolute Gasteiger partial charge is 0.493 e. The molecule has 0 bridgehead atoms. The van der Waals surface area contributed by atoms with Gasteiger partial charge >= 0.3 is 0 Å². The smallest absolute Gasteiger partial charge is 0.255 e. The molecule has 10 heteroatoms. The Morgan fingerprint density at radius 1 is 1.00 bits per heavy atom. The molecule has 0 aliphatic carbocycles. The van der Waals surface area contributed by atoms with Crippen LogP contribution in [-0.4, -0.2) is 73.4 Å². The van der Waals surface area contributed by atoms with E-state index in [1.807, 2.05) is 41.3 Å². The summed E-state index contributed by atoms with van der Waals surface area (Å²) in [6, 6.07) is 11.6. The molecule has 0 saturated carbocycles. The highest BCUT2D eigenvalue weighted by Crippen LogP contribution is 2.40. The third-order valence-electron chi connectivity index (χ3n) is 5.88. The molecule has 4 rings (SSSR count). The molecule has 1 aliphatic heterocycles. The number of hydrogen-bond acceptors (Lipinski definition) is 9. The summed E-state index contributed by atoms with van der Waals surface area (Å²) in [6.07, 6.45) is 0. The van der Waals surface area contributed by atoms with Crippen LogP contribution in [0.1, 0.15) is 27.6 Å². The number of methoxy groups -OCH3 is 3. The Hall–Kier alpha value is -3.24. The van der Waals surface area contributed by atoms with E-state index in [0.29, 0.717) is 59.9 Å². The van der Waals surface area contributed by atoms with Crippen LogP contribution in [0.3, 0.4) is 0 Å². The van der Waals surface area contributed by atoms with E-state index in [1.54, 1.807) is 28.3 Å². The van der Waals surface area contributed by atoms with Gasteiger partial charge in [0.25, 0.3) is 5.91 Å². The number of thioether (sulfide) groups is 1. The summed E-state index contributed by atoms with van der Waals surface area (Å²) in [5, 5.41) is 3.83. The summed E-state index contributed by atoms with van der Waals surface area (Å²) in [4.78, 5) is 22.7. The van der Waals surface area contributed by atoms with Crippen molar-refractivity contribution in [2.45, 2.75) is 24.1 Å². The maximum Gasteiger partial charge on any atom is 0.255 e. The van der Waals surface area contributed by atoms with Crippen LogP contribution in [0.2, 0.25) is 0 Å². The Balaban J connectivity index is 1.38. The standard InChI is InChI=1S/C25H30N4O5S/c1-17-26-22(34-27-17)16-35-21-8-6-5-7-19(21)25(30)29-13-11-28(12-14-29)15-18-9-10-20(31-2)24(33-4)23(18)32-3/h5-10H,11-16H2,1-4H3. The van der Waals surface area contributed by atoms with Gasteiger partial charge in [0, 0.05) is 43.2 Å². The molecule has 3 aromatic rings. The quantitative estimate of drug-likeness (QED) is 0.410. The van der Waals surface area contributed by atoms with Gasteiger partial charge < -0.3 is 23.6 Å². The molecule has 0 N–H and O–H groups in total. The molecule has 1 fully saturated rings. The molecule has 2 heterocycles. The zero-order valence-corrected chi connectivity index (χ0v) is 21.3. The first kappa shape index (κ1) is 24.9. The van der Waals surface area contributed by atoms with Crippen molar-refractivity contribution in [2.75, 3.05) is 47.5 Å². The fourth-order valence-electron chi connectivity index (χ4n) is 4.12. The molecule has 9 nitrogen and oxygen atoms in total. The Morgan fingerprint density at radius 3 is 2.40 bits per heavy atom. The molecular weight excluding hydrogens is 468 g/mol. The SMILES string of the molecule is COc1ccc(CN2CCN(C(=O)c3ccccc3SCc3nc(C)no3)CC2)c(OC)c1OC. The third-order valence-corrected chi connectivity index (χ3v) is 6.94. The summed E-state index contributed by atoms with van der Waals surface area (Å²) in [6.45, 7) is 5.31. The topological polar surface area (TPSA) is 90.2 Å². The van der Waals surface area contributed by atoms with Crippen LogP contribution in [0.4, 0.5) is 0 Å². The minimum Gasteiger partial charge on any atom is -0.493 e. The summed E-state index contributed by atoms with van der Waals surface area (Å²) < 4.78 is 21.7. The number of ether oxygens (including phenoxy) is 3. The number of benzene rings is 2. The summed E-state index contributed by atoms with van der Waals surface area (Å²) >= 11 is 1.53. The summed E-state index contributed by atoms with van der Waals surface area (Å²) in [5.41, 5.74) is 1.71. The minimum atomic E-state index is 0.0400. The van der Waals surface area contributed by atoms with Gasteiger partial charge in [-0.2, -0.15) is 4.98 Å². The van der Waals surface area contributed by atoms with Crippen molar-refractivity contribution in [3.8, 4) is 17.2 Å². The Labute approximate surface area is 209 Å². The van der Waals surface area contributed by atoms with Crippen molar-refractivity contribution in [3.05, 3.63) is 59.2 Å². The number of hydrogen-bond donors (Lipinski definition) is 0. The number of aromatic nitrogens is 2. The van der Waals surface area contributed by atoms with Crippen LogP contribution in [-0.2, 0) is 12.3 Å². The van der Waals surface area contributed by atoms with Gasteiger partial charge in [0.1, 0.15) is 0 Å². The van der Waals surface area contributed by atoms with Crippen molar-refractivity contribution in [2.24, 2.45) is 0 Å². The van der Waals surface area contributed by atoms with E-state index in [9.17, 15) is 4.79 Å². The number of rotatable bonds is 9. The van der Waals surface area contributed by atoms with Crippen LogP contribution in [0.25, 0.3) is 0 Å². The van der Waals surface area contributed by atoms with E-state index in [0.717, 1.165) is 23.5 Å². The van der Waals surface area contributed by atoms with E-state index in [1.165, 1.54) is 11.8 Å². The Morgan fingerprint density at radius 2 is 1.74 bits per heavy atom. The zero-order valence-electron chi connectivity index (χ0n) is 20.4. The minimum absolute atomic E-state index is 0.0400. The molecule has 0 radical (unpaired) electrons. The molecular formula is C25H30N4O5S. The fraction of sp³-hybridized carbons (Fsp3) is 0.400. The molecule has 1 amide bonds. The number of carbonyl (C=O) groups excluding carboxylic acids is 1. The molecule has 35 heavy (non-hydrogen) atoms. The van der Waals surface area contributed by atoms with Crippen LogP contribution < -0.4 is 14.2 Å². The second kappa shape index (κ2) is 11.5. The highest BCUT2D eigenvalue weighted by Gasteiger charge is 2.25. The molecule has 1 saturated heterocycles. The van der Waals surface area contributed by atoms with E-state index in [-0.39, 0.29) is 5.91 Å². The summed E-state index contributed by atoms with van der Waals surface area (Å²) in [7, 11) is 4.84. The van der Waals surface area contributed by atoms with E-state index in [4.69, 9.17) is 18.7 Å². The Bertz CT molecular complexity index is 1160. The predicted octanol–water partition coefficient (Wildman–Crippen LogP) is 3.65. The van der Waals surface area contributed by atoms with Gasteiger partial charge in [-0.3, -0.25) is 9.69 Å². The number of carbonyl (C=O) groups is 1. The average molecular weight is 499 g/mol. The first-order chi connectivity index (χ1) is 17.0. The van der Waals surface area contributed by atoms with Gasteiger partial charge in [-0.05, 0) is 25.1 Å². The first-order valence-electron chi connectivity index (χ1n) is 11.3. The lowest BCUT2D eigenvalue weighted by atomic mass is 10.1. The monoisotopic (exact) mass is 498 g/mol. The van der Waals surface area contributed by atoms with Crippen LogP contribution in [0.5, 0.6) is 17.2 Å². The van der Waals surface area contributed by atoms with Crippen LogP contribution in [0.15, 0.2) is 45.8 Å². The van der Waals surface area contributed by atoms with Gasteiger partial charge in [0.15, 0.2) is 17.3 Å². The molecule has 1 aromatic heterocycles. The molecule has 2 aromatic carbocycles. The highest BCUT2D eigenvalue weighted by atomic mass is 32.2. The highest BCUT2D eigenvalue weighted by molar-refractivity contribution is 7.98. The van der Waals surface area contributed by atoms with Gasteiger partial charge in [0.2, 0.25) is 11.6 Å². The first-order valence-corrected chi connectivity index (χ1v) is 12.3. The van der Waals surface area contributed by atoms with Crippen LogP contribution >= 0.6 is 11.8 Å². The number of piperazine rings is 1. The predicted molar refractivity (Wildman–Crippen MR) is 132 cm³/mol. The number of nitrogens with zero attached hydrogens (tertiary/aromatic N) is 4. The van der Waals surface area contributed by atoms with Gasteiger partial charge in [0.05, 0.1) is 32.6 Å². The lowest BCUT2D eigenvalue weighted by Crippen LogP contribution is -2.48. The van der Waals surface area contributed by atoms with Gasteiger partial charge in [-0.1, -0.05) is 23.4 Å². The van der Waals surface area contributed by atoms with Gasteiger partial charge in [-0.25, -0.2) is 0 Å². The second-order valence-corrected chi connectivity index (χ2v) is 9.10. The average Bonchev–Trinajstić information content (AvgIpc) is 3.32. The maximum absolute atomic E-state index is 13.3. The molecule has 186 valence electrons. The lowest BCUT2D eigenvalue weighted by Gasteiger charge is -2.35. The molecule has 0 unspecified atom stereocenters. The third kappa shape index (κ3) is 5.71. The van der Waals surface area contributed by atoms with Crippen LogP contribution in [0, 0.1) is 6.92 Å². The van der Waals surface area contributed by atoms with Crippen molar-refractivity contribution in [1.82, 2.24) is 19.9 Å². The normalized spacial score (nSPS) is 14.1. The lowest BCUT2D eigenvalue weighted by molar-refractivity contribution is 0.0624.